The van der Waals surface area contributed by atoms with Crippen LogP contribution in [0.1, 0.15) is 18.1 Å². The molecule has 0 amide bonds. The third-order valence-electron chi connectivity index (χ3n) is 1.75. The van der Waals surface area contributed by atoms with E-state index in [4.69, 9.17) is 15.9 Å². The molecule has 0 fully saturated rings. The second kappa shape index (κ2) is 4.16. The predicted molar refractivity (Wildman–Crippen MR) is 44.2 cm³/mol. The summed E-state index contributed by atoms with van der Waals surface area (Å²) >= 11 is 0. The molecule has 1 atom stereocenters. The number of hydrogen-bond acceptors (Lipinski definition) is 3. The first-order valence-electron chi connectivity index (χ1n) is 3.82. The van der Waals surface area contributed by atoms with E-state index in [9.17, 15) is 0 Å². The van der Waals surface area contributed by atoms with Crippen LogP contribution in [-0.2, 0) is 0 Å². The summed E-state index contributed by atoms with van der Waals surface area (Å²) in [5.74, 6) is 1.23. The summed E-state index contributed by atoms with van der Waals surface area (Å²) in [6.45, 7) is 1.26. The Balaban J connectivity index is 2.56. The first kappa shape index (κ1) is 8.30. The van der Waals surface area contributed by atoms with Gasteiger partial charge in [-0.3, -0.25) is 0 Å². The molecule has 62 valence electrons. The topological polar surface area (TPSA) is 65.2 Å². The van der Waals surface area contributed by atoms with Gasteiger partial charge in [0.1, 0.15) is 5.76 Å². The van der Waals surface area contributed by atoms with Gasteiger partial charge in [-0.15, -0.1) is 0 Å². The van der Waals surface area contributed by atoms with Gasteiger partial charge in [0.15, 0.2) is 0 Å². The number of nitrogens with two attached hydrogens (primary N) is 2. The van der Waals surface area contributed by atoms with E-state index >= 15 is 0 Å². The number of hydrogen-bond donors (Lipinski definition) is 2. The molecule has 1 heterocycles. The van der Waals surface area contributed by atoms with Crippen molar-refractivity contribution in [3.05, 3.63) is 24.2 Å². The molecule has 0 aliphatic rings. The molecule has 0 saturated heterocycles. The van der Waals surface area contributed by atoms with Crippen molar-refractivity contribution in [1.29, 1.82) is 0 Å². The van der Waals surface area contributed by atoms with Gasteiger partial charge < -0.3 is 15.9 Å². The molecule has 1 aromatic rings. The van der Waals surface area contributed by atoms with Crippen LogP contribution in [0.25, 0.3) is 0 Å². The molecule has 3 heteroatoms. The quantitative estimate of drug-likeness (QED) is 0.670. The normalized spacial score (nSPS) is 13.3. The lowest BCUT2D eigenvalue weighted by Crippen LogP contribution is -2.15. The average Bonchev–Trinajstić information content (AvgIpc) is 2.52. The smallest absolute Gasteiger partial charge is 0.108 e. The Morgan fingerprint density at radius 3 is 2.73 bits per heavy atom. The minimum Gasteiger partial charge on any atom is -0.469 e. The monoisotopic (exact) mass is 154 g/mol. The van der Waals surface area contributed by atoms with Gasteiger partial charge >= 0.3 is 0 Å². The van der Waals surface area contributed by atoms with Gasteiger partial charge in [0, 0.05) is 12.5 Å². The van der Waals surface area contributed by atoms with Crippen molar-refractivity contribution in [2.24, 2.45) is 11.5 Å². The van der Waals surface area contributed by atoms with Crippen LogP contribution in [-0.4, -0.2) is 13.1 Å². The van der Waals surface area contributed by atoms with Crippen molar-refractivity contribution < 1.29 is 4.42 Å². The van der Waals surface area contributed by atoms with Gasteiger partial charge in [0.25, 0.3) is 0 Å². The molecule has 1 aromatic heterocycles. The van der Waals surface area contributed by atoms with Gasteiger partial charge in [-0.05, 0) is 25.1 Å². The molecule has 4 N–H and O–H groups in total. The van der Waals surface area contributed by atoms with Crippen LogP contribution in [0, 0.1) is 0 Å². The summed E-state index contributed by atoms with van der Waals surface area (Å²) in [6.07, 6.45) is 2.55. The SMILES string of the molecule is NCCC(CN)c1ccco1. The van der Waals surface area contributed by atoms with Gasteiger partial charge in [-0.1, -0.05) is 0 Å². The lowest BCUT2D eigenvalue weighted by Gasteiger charge is -2.08. The van der Waals surface area contributed by atoms with Crippen LogP contribution < -0.4 is 11.5 Å². The second-order valence-electron chi connectivity index (χ2n) is 2.53. The first-order valence-corrected chi connectivity index (χ1v) is 3.82. The molecule has 11 heavy (non-hydrogen) atoms. The average molecular weight is 154 g/mol. The molecule has 1 rings (SSSR count). The van der Waals surface area contributed by atoms with E-state index in [1.807, 2.05) is 12.1 Å². The Kier molecular flexibility index (Phi) is 3.14. The van der Waals surface area contributed by atoms with E-state index < -0.39 is 0 Å². The largest absolute Gasteiger partial charge is 0.469 e. The molecule has 0 aliphatic carbocycles. The van der Waals surface area contributed by atoms with Gasteiger partial charge in [-0.25, -0.2) is 0 Å². The maximum atomic E-state index is 5.53. The fraction of sp³-hybridized carbons (Fsp3) is 0.500. The molecule has 0 aromatic carbocycles. The van der Waals surface area contributed by atoms with Gasteiger partial charge in [0.2, 0.25) is 0 Å². The molecule has 0 bridgehead atoms. The van der Waals surface area contributed by atoms with Crippen LogP contribution >= 0.6 is 0 Å². The van der Waals surface area contributed by atoms with Crippen molar-refractivity contribution in [3.8, 4) is 0 Å². The minimum atomic E-state index is 0.287. The minimum absolute atomic E-state index is 0.287. The molecule has 0 radical (unpaired) electrons. The summed E-state index contributed by atoms with van der Waals surface area (Å²) in [4.78, 5) is 0. The molecule has 1 unspecified atom stereocenters. The van der Waals surface area contributed by atoms with Crippen molar-refractivity contribution in [3.63, 3.8) is 0 Å². The Hall–Kier alpha value is -0.800. The molecule has 3 nitrogen and oxygen atoms in total. The van der Waals surface area contributed by atoms with Crippen LogP contribution in [0.4, 0.5) is 0 Å². The maximum absolute atomic E-state index is 5.53. The highest BCUT2D eigenvalue weighted by Gasteiger charge is 2.10. The van der Waals surface area contributed by atoms with Gasteiger partial charge in [0.05, 0.1) is 6.26 Å². The highest BCUT2D eigenvalue weighted by atomic mass is 16.3. The fourth-order valence-electron chi connectivity index (χ4n) is 1.10. The van der Waals surface area contributed by atoms with Crippen LogP contribution in [0.5, 0.6) is 0 Å². The number of furan rings is 1. The maximum Gasteiger partial charge on any atom is 0.108 e. The summed E-state index contributed by atoms with van der Waals surface area (Å²) in [7, 11) is 0. The highest BCUT2D eigenvalue weighted by molar-refractivity contribution is 5.05. The van der Waals surface area contributed by atoms with E-state index in [1.54, 1.807) is 6.26 Å². The van der Waals surface area contributed by atoms with Crippen LogP contribution in [0.15, 0.2) is 22.8 Å². The van der Waals surface area contributed by atoms with E-state index in [0.717, 1.165) is 12.2 Å². The Labute approximate surface area is 66.4 Å². The first-order chi connectivity index (χ1) is 5.38. The van der Waals surface area contributed by atoms with Crippen LogP contribution in [0.2, 0.25) is 0 Å². The van der Waals surface area contributed by atoms with E-state index in [0.29, 0.717) is 13.1 Å². The van der Waals surface area contributed by atoms with E-state index in [-0.39, 0.29) is 5.92 Å². The summed E-state index contributed by atoms with van der Waals surface area (Å²) in [5, 5.41) is 0. The second-order valence-corrected chi connectivity index (χ2v) is 2.53. The van der Waals surface area contributed by atoms with E-state index in [2.05, 4.69) is 0 Å². The van der Waals surface area contributed by atoms with E-state index in [1.165, 1.54) is 0 Å². The third-order valence-corrected chi connectivity index (χ3v) is 1.75. The molecular weight excluding hydrogens is 140 g/mol. The van der Waals surface area contributed by atoms with Crippen molar-refractivity contribution in [1.82, 2.24) is 0 Å². The Bertz CT molecular complexity index is 184. The van der Waals surface area contributed by atoms with Crippen molar-refractivity contribution in [2.75, 3.05) is 13.1 Å². The van der Waals surface area contributed by atoms with Crippen LogP contribution in [0.3, 0.4) is 0 Å². The Morgan fingerprint density at radius 1 is 1.45 bits per heavy atom. The Morgan fingerprint density at radius 2 is 2.27 bits per heavy atom. The predicted octanol–water partition coefficient (Wildman–Crippen LogP) is 0.671. The summed E-state index contributed by atoms with van der Waals surface area (Å²) in [6, 6.07) is 3.81. The molecule has 0 spiro atoms. The van der Waals surface area contributed by atoms with Gasteiger partial charge in [-0.2, -0.15) is 0 Å². The number of rotatable bonds is 4. The fourth-order valence-corrected chi connectivity index (χ4v) is 1.10. The third kappa shape index (κ3) is 2.06. The standard InChI is InChI=1S/C8H14N2O/c9-4-3-7(6-10)8-2-1-5-11-8/h1-2,5,7H,3-4,6,9-10H2. The summed E-state index contributed by atoms with van der Waals surface area (Å²) < 4.78 is 5.20. The zero-order chi connectivity index (χ0) is 8.10. The molecule has 0 saturated carbocycles. The zero-order valence-electron chi connectivity index (χ0n) is 6.49. The summed E-state index contributed by atoms with van der Waals surface area (Å²) in [5.41, 5.74) is 10.9. The van der Waals surface area contributed by atoms with Crippen molar-refractivity contribution >= 4 is 0 Å². The zero-order valence-corrected chi connectivity index (χ0v) is 6.49. The lowest BCUT2D eigenvalue weighted by molar-refractivity contribution is 0.452. The van der Waals surface area contributed by atoms with Crippen molar-refractivity contribution in [2.45, 2.75) is 12.3 Å². The highest BCUT2D eigenvalue weighted by Crippen LogP contribution is 2.17. The molecule has 0 aliphatic heterocycles. The lowest BCUT2D eigenvalue weighted by atomic mass is 10.0. The molecular formula is C8H14N2O.